The van der Waals surface area contributed by atoms with Gasteiger partial charge < -0.3 is 9.84 Å². The molecule has 1 unspecified atom stereocenters. The second kappa shape index (κ2) is 38.8. The SMILES string of the molecule is CC/C=C\C/C=C\C/C=C\C/C=C\C/C=C\C/C=C\CCCCC(=O)OC(CCCC)CCCCCCCCCCCCCCC(=O)O. The Kier molecular flexibility index (Phi) is 36.7. The number of allylic oxidation sites excluding steroid dienone is 12. The number of unbranched alkanes of at least 4 members (excludes halogenated alkanes) is 14. The predicted molar refractivity (Wildman–Crippen MR) is 208 cm³/mol. The smallest absolute Gasteiger partial charge is 0.306 e. The summed E-state index contributed by atoms with van der Waals surface area (Å²) >= 11 is 0. The molecule has 1 N–H and O–H groups in total. The third kappa shape index (κ3) is 37.8. The normalized spacial score (nSPS) is 13.0. The Bertz CT molecular complexity index is 892. The summed E-state index contributed by atoms with van der Waals surface area (Å²) in [5, 5.41) is 8.68. The fraction of sp³-hybridized carbons (Fsp3) is 0.682. The molecule has 0 saturated heterocycles. The van der Waals surface area contributed by atoms with Crippen LogP contribution >= 0.6 is 0 Å². The third-order valence-corrected chi connectivity index (χ3v) is 8.44. The molecule has 0 spiro atoms. The van der Waals surface area contributed by atoms with E-state index in [2.05, 4.69) is 86.8 Å². The summed E-state index contributed by atoms with van der Waals surface area (Å²) in [6.07, 6.45) is 55.4. The molecule has 0 rings (SSSR count). The maximum absolute atomic E-state index is 12.5. The van der Waals surface area contributed by atoms with Gasteiger partial charge in [0.2, 0.25) is 0 Å². The highest BCUT2D eigenvalue weighted by molar-refractivity contribution is 5.69. The first-order valence-electron chi connectivity index (χ1n) is 19.9. The first-order valence-corrected chi connectivity index (χ1v) is 19.9. The highest BCUT2D eigenvalue weighted by Crippen LogP contribution is 2.17. The van der Waals surface area contributed by atoms with Crippen molar-refractivity contribution in [2.75, 3.05) is 0 Å². The van der Waals surface area contributed by atoms with Crippen molar-refractivity contribution in [3.63, 3.8) is 0 Å². The molecule has 0 fully saturated rings. The van der Waals surface area contributed by atoms with Gasteiger partial charge in [0.15, 0.2) is 0 Å². The molecule has 4 nitrogen and oxygen atoms in total. The number of carboxylic acids is 1. The van der Waals surface area contributed by atoms with E-state index in [9.17, 15) is 9.59 Å². The lowest BCUT2D eigenvalue weighted by Crippen LogP contribution is -2.18. The summed E-state index contributed by atoms with van der Waals surface area (Å²) in [6.45, 7) is 4.36. The zero-order valence-corrected chi connectivity index (χ0v) is 31.3. The van der Waals surface area contributed by atoms with E-state index in [1.807, 2.05) is 0 Å². The van der Waals surface area contributed by atoms with Crippen LogP contribution < -0.4 is 0 Å². The van der Waals surface area contributed by atoms with Crippen molar-refractivity contribution < 1.29 is 19.4 Å². The summed E-state index contributed by atoms with van der Waals surface area (Å²) in [6, 6.07) is 0. The maximum atomic E-state index is 12.5. The molecule has 0 saturated carbocycles. The lowest BCUT2D eigenvalue weighted by Gasteiger charge is -2.18. The molecule has 0 radical (unpaired) electrons. The molecule has 274 valence electrons. The number of hydrogen-bond acceptors (Lipinski definition) is 3. The summed E-state index contributed by atoms with van der Waals surface area (Å²) in [5.41, 5.74) is 0. The first kappa shape index (κ1) is 45.4. The van der Waals surface area contributed by atoms with E-state index >= 15 is 0 Å². The van der Waals surface area contributed by atoms with Crippen molar-refractivity contribution in [3.8, 4) is 0 Å². The van der Waals surface area contributed by atoms with Gasteiger partial charge in [-0.3, -0.25) is 9.59 Å². The lowest BCUT2D eigenvalue weighted by atomic mass is 10.0. The van der Waals surface area contributed by atoms with E-state index in [0.717, 1.165) is 103 Å². The zero-order valence-electron chi connectivity index (χ0n) is 31.3. The van der Waals surface area contributed by atoms with Gasteiger partial charge in [0.25, 0.3) is 0 Å². The molecule has 0 amide bonds. The Labute approximate surface area is 297 Å². The molecule has 0 aromatic carbocycles. The molecule has 0 aliphatic heterocycles. The fourth-order valence-corrected chi connectivity index (χ4v) is 5.53. The van der Waals surface area contributed by atoms with Crippen molar-refractivity contribution in [2.24, 2.45) is 0 Å². The summed E-state index contributed by atoms with van der Waals surface area (Å²) < 4.78 is 5.91. The van der Waals surface area contributed by atoms with E-state index in [1.165, 1.54) is 57.8 Å². The van der Waals surface area contributed by atoms with E-state index in [4.69, 9.17) is 9.84 Å². The lowest BCUT2D eigenvalue weighted by molar-refractivity contribution is -0.150. The van der Waals surface area contributed by atoms with Crippen LogP contribution in [0.4, 0.5) is 0 Å². The van der Waals surface area contributed by atoms with Crippen LogP contribution in [-0.2, 0) is 14.3 Å². The highest BCUT2D eigenvalue weighted by atomic mass is 16.5. The Morgan fingerprint density at radius 2 is 0.875 bits per heavy atom. The molecular formula is C44H74O4. The monoisotopic (exact) mass is 667 g/mol. The van der Waals surface area contributed by atoms with E-state index in [0.29, 0.717) is 12.8 Å². The van der Waals surface area contributed by atoms with Crippen LogP contribution in [0.2, 0.25) is 0 Å². The predicted octanol–water partition coefficient (Wildman–Crippen LogP) is 13.9. The standard InChI is InChI=1S/C44H74O4/c1-3-5-7-8-9-10-11-12-13-14-15-16-17-18-19-20-25-28-31-34-37-41-44(47)48-42(38-6-4-2)39-35-32-29-26-23-21-22-24-27-30-33-36-40-43(45)46/h5,7,9-10,12-13,15-16,18-19,25,28,42H,3-4,6,8,11,14,17,20-24,26-27,29-41H2,1-2H3,(H,45,46)/b7-5-,10-9-,13-12-,16-15-,19-18-,28-25-. The molecule has 0 aliphatic rings. The zero-order chi connectivity index (χ0) is 35.0. The topological polar surface area (TPSA) is 63.6 Å². The second-order valence-electron chi connectivity index (χ2n) is 13.1. The molecular weight excluding hydrogens is 592 g/mol. The van der Waals surface area contributed by atoms with Gasteiger partial charge in [0.05, 0.1) is 0 Å². The minimum absolute atomic E-state index is 0.0132. The van der Waals surface area contributed by atoms with E-state index < -0.39 is 5.97 Å². The van der Waals surface area contributed by atoms with Crippen LogP contribution in [0.15, 0.2) is 72.9 Å². The van der Waals surface area contributed by atoms with Gasteiger partial charge in [-0.1, -0.05) is 164 Å². The number of aliphatic carboxylic acids is 1. The van der Waals surface area contributed by atoms with Gasteiger partial charge in [0.1, 0.15) is 6.10 Å². The number of esters is 1. The van der Waals surface area contributed by atoms with Crippen molar-refractivity contribution in [3.05, 3.63) is 72.9 Å². The van der Waals surface area contributed by atoms with Gasteiger partial charge in [-0.05, 0) is 83.5 Å². The number of carbonyl (C=O) groups excluding carboxylic acids is 1. The summed E-state index contributed by atoms with van der Waals surface area (Å²) in [4.78, 5) is 23.0. The van der Waals surface area contributed by atoms with Crippen molar-refractivity contribution in [1.82, 2.24) is 0 Å². The van der Waals surface area contributed by atoms with Crippen LogP contribution in [0, 0.1) is 0 Å². The van der Waals surface area contributed by atoms with Crippen LogP contribution in [0.1, 0.15) is 187 Å². The second-order valence-corrected chi connectivity index (χ2v) is 13.1. The van der Waals surface area contributed by atoms with Crippen molar-refractivity contribution in [2.45, 2.75) is 193 Å². The van der Waals surface area contributed by atoms with E-state index in [-0.39, 0.29) is 12.1 Å². The average Bonchev–Trinajstić information content (AvgIpc) is 3.07. The molecule has 48 heavy (non-hydrogen) atoms. The van der Waals surface area contributed by atoms with Gasteiger partial charge in [0, 0.05) is 12.8 Å². The van der Waals surface area contributed by atoms with E-state index in [1.54, 1.807) is 0 Å². The average molecular weight is 667 g/mol. The number of carbonyl (C=O) groups is 2. The number of rotatable bonds is 35. The Morgan fingerprint density at radius 1 is 0.479 bits per heavy atom. The Morgan fingerprint density at radius 3 is 1.33 bits per heavy atom. The number of hydrogen-bond donors (Lipinski definition) is 1. The van der Waals surface area contributed by atoms with Crippen molar-refractivity contribution >= 4 is 11.9 Å². The fourth-order valence-electron chi connectivity index (χ4n) is 5.53. The summed E-state index contributed by atoms with van der Waals surface area (Å²) in [7, 11) is 0. The van der Waals surface area contributed by atoms with Gasteiger partial charge in [-0.25, -0.2) is 0 Å². The largest absolute Gasteiger partial charge is 0.481 e. The van der Waals surface area contributed by atoms with Crippen LogP contribution in [0.3, 0.4) is 0 Å². The molecule has 0 aromatic rings. The molecule has 4 heteroatoms. The first-order chi connectivity index (χ1) is 23.6. The Hall–Kier alpha value is -2.62. The number of carboxylic acid groups (broad SMARTS) is 1. The minimum Gasteiger partial charge on any atom is -0.481 e. The quantitative estimate of drug-likeness (QED) is 0.0415. The highest BCUT2D eigenvalue weighted by Gasteiger charge is 2.13. The minimum atomic E-state index is -0.674. The molecule has 1 atom stereocenters. The van der Waals surface area contributed by atoms with Crippen molar-refractivity contribution in [1.29, 1.82) is 0 Å². The third-order valence-electron chi connectivity index (χ3n) is 8.44. The van der Waals surface area contributed by atoms with Crippen LogP contribution in [-0.4, -0.2) is 23.1 Å². The molecule has 0 heterocycles. The summed E-state index contributed by atoms with van der Waals surface area (Å²) in [5.74, 6) is -0.688. The van der Waals surface area contributed by atoms with Gasteiger partial charge >= 0.3 is 11.9 Å². The molecule has 0 aromatic heterocycles. The molecule has 0 aliphatic carbocycles. The van der Waals surface area contributed by atoms with Gasteiger partial charge in [-0.2, -0.15) is 0 Å². The van der Waals surface area contributed by atoms with Crippen LogP contribution in [0.5, 0.6) is 0 Å². The molecule has 0 bridgehead atoms. The Balaban J connectivity index is 3.78. The van der Waals surface area contributed by atoms with Gasteiger partial charge in [-0.15, -0.1) is 0 Å². The number of ether oxygens (including phenoxy) is 1. The van der Waals surface area contributed by atoms with Crippen LogP contribution in [0.25, 0.3) is 0 Å². The maximum Gasteiger partial charge on any atom is 0.306 e.